The molecule has 1 atom stereocenters. The van der Waals surface area contributed by atoms with Crippen LogP contribution in [0.1, 0.15) is 51.8 Å². The fourth-order valence-electron chi connectivity index (χ4n) is 5.95. The molecule has 0 spiro atoms. The molecule has 9 heteroatoms. The summed E-state index contributed by atoms with van der Waals surface area (Å²) in [6.07, 6.45) is 1.99. The predicted molar refractivity (Wildman–Crippen MR) is 133 cm³/mol. The Morgan fingerprint density at radius 3 is 2.68 bits per heavy atom. The van der Waals surface area contributed by atoms with Gasteiger partial charge in [-0.15, -0.1) is 0 Å². The number of piperidine rings is 1. The van der Waals surface area contributed by atoms with Crippen molar-refractivity contribution in [1.29, 1.82) is 0 Å². The van der Waals surface area contributed by atoms with Crippen molar-refractivity contribution in [2.45, 2.75) is 31.4 Å². The van der Waals surface area contributed by atoms with Crippen LogP contribution in [0.5, 0.6) is 11.5 Å². The Labute approximate surface area is 212 Å². The minimum atomic E-state index is -1.27. The molecule has 0 saturated carbocycles. The Hall–Kier alpha value is -4.40. The first-order valence-electron chi connectivity index (χ1n) is 12.4. The molecule has 0 aliphatic carbocycles. The van der Waals surface area contributed by atoms with Crippen LogP contribution in [0.25, 0.3) is 10.9 Å². The largest absolute Gasteiger partial charge is 0.506 e. The number of nitrogens with zero attached hydrogens (tertiary/aromatic N) is 2. The number of rotatable bonds is 3. The zero-order valence-corrected chi connectivity index (χ0v) is 20.0. The molecule has 1 saturated heterocycles. The second kappa shape index (κ2) is 8.33. The molecule has 1 fully saturated rings. The minimum absolute atomic E-state index is 0.0322. The van der Waals surface area contributed by atoms with Crippen LogP contribution < -0.4 is 9.47 Å². The minimum Gasteiger partial charge on any atom is -0.454 e. The molecule has 1 unspecified atom stereocenters. The van der Waals surface area contributed by atoms with Gasteiger partial charge in [-0.3, -0.25) is 4.79 Å². The molecule has 37 heavy (non-hydrogen) atoms. The summed E-state index contributed by atoms with van der Waals surface area (Å²) in [5, 5.41) is 10.1. The molecule has 7 rings (SSSR count). The lowest BCUT2D eigenvalue weighted by atomic mass is 9.91. The number of hydrogen-bond donors (Lipinski definition) is 2. The Balaban J connectivity index is 1.28. The Morgan fingerprint density at radius 1 is 1.03 bits per heavy atom. The van der Waals surface area contributed by atoms with Crippen LogP contribution in [0.4, 0.5) is 4.79 Å². The van der Waals surface area contributed by atoms with E-state index in [1.165, 1.54) is 5.56 Å². The summed E-state index contributed by atoms with van der Waals surface area (Å²) in [6.45, 7) is 1.14. The Bertz CT molecular complexity index is 1540. The van der Waals surface area contributed by atoms with Crippen LogP contribution in [0.2, 0.25) is 0 Å². The average molecular weight is 500 g/mol. The van der Waals surface area contributed by atoms with E-state index in [2.05, 4.69) is 27.8 Å². The highest BCUT2D eigenvalue weighted by atomic mass is 16.7. The van der Waals surface area contributed by atoms with Gasteiger partial charge in [0.05, 0.1) is 11.6 Å². The molecule has 0 radical (unpaired) electrons. The van der Waals surface area contributed by atoms with E-state index < -0.39 is 6.16 Å². The molecule has 5 heterocycles. The number of aromatic nitrogens is 2. The summed E-state index contributed by atoms with van der Waals surface area (Å²) in [4.78, 5) is 30.0. The summed E-state index contributed by atoms with van der Waals surface area (Å²) in [7, 11) is 0. The first kappa shape index (κ1) is 21.8. The van der Waals surface area contributed by atoms with E-state index in [1.54, 1.807) is 4.90 Å². The normalized spacial score (nSPS) is 18.5. The van der Waals surface area contributed by atoms with Crippen LogP contribution >= 0.6 is 0 Å². The van der Waals surface area contributed by atoms with Gasteiger partial charge >= 0.3 is 6.16 Å². The molecule has 2 N–H and O–H groups in total. The van der Waals surface area contributed by atoms with Crippen molar-refractivity contribution in [2.24, 2.45) is 0 Å². The summed E-state index contributed by atoms with van der Waals surface area (Å²) < 4.78 is 18.3. The number of carbonyl (C=O) groups excluding carboxylic acids is 1. The molecule has 188 valence electrons. The first-order chi connectivity index (χ1) is 18.1. The summed E-state index contributed by atoms with van der Waals surface area (Å²) in [5.74, 6) is 1.42. The van der Waals surface area contributed by atoms with Gasteiger partial charge in [0.2, 0.25) is 6.79 Å². The molecule has 2 aromatic heterocycles. The fourth-order valence-corrected chi connectivity index (χ4v) is 5.95. The van der Waals surface area contributed by atoms with E-state index >= 15 is 0 Å². The van der Waals surface area contributed by atoms with Gasteiger partial charge < -0.3 is 33.8 Å². The van der Waals surface area contributed by atoms with Crippen molar-refractivity contribution in [2.75, 3.05) is 19.9 Å². The zero-order chi connectivity index (χ0) is 25.1. The number of nitrogens with one attached hydrogen (secondary N) is 1. The number of H-pyrrole nitrogens is 1. The van der Waals surface area contributed by atoms with Gasteiger partial charge in [0.15, 0.2) is 11.5 Å². The molecule has 2 aromatic carbocycles. The lowest BCUT2D eigenvalue weighted by molar-refractivity contribution is 0.0199. The summed E-state index contributed by atoms with van der Waals surface area (Å²) in [5.41, 5.74) is 6.05. The third kappa shape index (κ3) is 3.53. The number of benzene rings is 2. The van der Waals surface area contributed by atoms with Gasteiger partial charge in [0, 0.05) is 60.8 Å². The van der Waals surface area contributed by atoms with Crippen molar-refractivity contribution in [3.63, 3.8) is 0 Å². The van der Waals surface area contributed by atoms with E-state index in [1.807, 2.05) is 36.5 Å². The zero-order valence-electron chi connectivity index (χ0n) is 20.0. The molecule has 4 aromatic rings. The van der Waals surface area contributed by atoms with Gasteiger partial charge in [-0.25, -0.2) is 4.79 Å². The third-order valence-electron chi connectivity index (χ3n) is 7.71. The molecular formula is C28H25N3O6. The van der Waals surface area contributed by atoms with Crippen molar-refractivity contribution >= 4 is 23.0 Å². The number of fused-ring (bicyclic) bond motifs is 5. The number of aromatic amines is 1. The fraction of sp³-hybridized carbons (Fsp3) is 0.286. The number of amides is 1. The number of hydrogen-bond acceptors (Lipinski definition) is 5. The van der Waals surface area contributed by atoms with Crippen LogP contribution in [-0.2, 0) is 11.2 Å². The average Bonchev–Trinajstić information content (AvgIpc) is 3.63. The molecule has 9 nitrogen and oxygen atoms in total. The third-order valence-corrected chi connectivity index (χ3v) is 7.71. The number of para-hydroxylation sites is 1. The van der Waals surface area contributed by atoms with E-state index in [-0.39, 0.29) is 24.8 Å². The van der Waals surface area contributed by atoms with Crippen molar-refractivity contribution in [1.82, 2.24) is 14.5 Å². The van der Waals surface area contributed by atoms with Crippen LogP contribution in [0.15, 0.2) is 54.7 Å². The maximum atomic E-state index is 13.7. The number of likely N-dealkylation sites (tertiary alicyclic amines) is 1. The van der Waals surface area contributed by atoms with E-state index in [0.29, 0.717) is 37.9 Å². The topological polar surface area (TPSA) is 106 Å². The SMILES string of the molecule is O=C(O)OC1CCN(C(=O)c2ccn3c2Cc2c([nH]c4ccccc24)C3c2ccc3c(c2)OCO3)CC1. The molecule has 3 aliphatic heterocycles. The van der Waals surface area contributed by atoms with E-state index in [0.717, 1.165) is 39.4 Å². The maximum Gasteiger partial charge on any atom is 0.506 e. The predicted octanol–water partition coefficient (Wildman–Crippen LogP) is 4.54. The van der Waals surface area contributed by atoms with E-state index in [9.17, 15) is 9.59 Å². The highest BCUT2D eigenvalue weighted by Crippen LogP contribution is 2.43. The standard InChI is InChI=1S/C28H25N3O6/c32-27(30-10-7-17(8-11-30)37-28(33)34)19-9-12-31-22(19)14-20-18-3-1-2-4-21(18)29-25(20)26(31)16-5-6-23-24(13-16)36-15-35-23/h1-6,9,12-13,17,26,29H,7-8,10-11,14-15H2,(H,33,34). The highest BCUT2D eigenvalue weighted by molar-refractivity contribution is 5.96. The van der Waals surface area contributed by atoms with Gasteiger partial charge in [0.1, 0.15) is 6.10 Å². The van der Waals surface area contributed by atoms with Crippen LogP contribution in [-0.4, -0.2) is 57.6 Å². The van der Waals surface area contributed by atoms with Gasteiger partial charge in [0.25, 0.3) is 5.91 Å². The molecule has 0 bridgehead atoms. The number of carbonyl (C=O) groups is 2. The second-order valence-electron chi connectivity index (χ2n) is 9.71. The number of carboxylic acid groups (broad SMARTS) is 1. The van der Waals surface area contributed by atoms with Crippen molar-refractivity contribution in [3.8, 4) is 11.5 Å². The second-order valence-corrected chi connectivity index (χ2v) is 9.71. The smallest absolute Gasteiger partial charge is 0.454 e. The van der Waals surface area contributed by atoms with Gasteiger partial charge in [-0.05, 0) is 35.4 Å². The van der Waals surface area contributed by atoms with Crippen molar-refractivity contribution < 1.29 is 28.9 Å². The van der Waals surface area contributed by atoms with Gasteiger partial charge in [-0.1, -0.05) is 24.3 Å². The first-order valence-corrected chi connectivity index (χ1v) is 12.4. The quantitative estimate of drug-likeness (QED) is 0.353. The van der Waals surface area contributed by atoms with E-state index in [4.69, 9.17) is 19.3 Å². The highest BCUT2D eigenvalue weighted by Gasteiger charge is 2.35. The monoisotopic (exact) mass is 499 g/mol. The summed E-state index contributed by atoms with van der Waals surface area (Å²) in [6, 6.07) is 16.0. The lowest BCUT2D eigenvalue weighted by Crippen LogP contribution is -2.41. The molecule has 3 aliphatic rings. The Kier molecular flexibility index (Phi) is 4.92. The van der Waals surface area contributed by atoms with Gasteiger partial charge in [-0.2, -0.15) is 0 Å². The maximum absolute atomic E-state index is 13.7. The van der Waals surface area contributed by atoms with Crippen LogP contribution in [0, 0.1) is 0 Å². The lowest BCUT2D eigenvalue weighted by Gasteiger charge is -2.32. The molecular weight excluding hydrogens is 474 g/mol. The number of ether oxygens (including phenoxy) is 3. The molecule has 1 amide bonds. The Morgan fingerprint density at radius 2 is 1.84 bits per heavy atom. The summed E-state index contributed by atoms with van der Waals surface area (Å²) >= 11 is 0. The van der Waals surface area contributed by atoms with Crippen molar-refractivity contribution in [3.05, 3.63) is 82.8 Å². The van der Waals surface area contributed by atoms with Crippen LogP contribution in [0.3, 0.4) is 0 Å².